The van der Waals surface area contributed by atoms with Gasteiger partial charge in [-0.3, -0.25) is 4.98 Å². The van der Waals surface area contributed by atoms with Crippen molar-refractivity contribution >= 4 is 16.7 Å². The Morgan fingerprint density at radius 3 is 2.41 bits per heavy atom. The normalized spacial score (nSPS) is 10.9. The van der Waals surface area contributed by atoms with Crippen LogP contribution >= 0.6 is 0 Å². The SMILES string of the molecule is COc1cccc(-c2ccc3nc(-c4cccnc4)nc(N(C)Cc4ccc(F)cc4)c3c2)c1. The van der Waals surface area contributed by atoms with Crippen LogP contribution in [0.25, 0.3) is 33.4 Å². The quantitative estimate of drug-likeness (QED) is 0.311. The fourth-order valence-corrected chi connectivity index (χ4v) is 3.95. The van der Waals surface area contributed by atoms with Crippen molar-refractivity contribution in [2.75, 3.05) is 19.1 Å². The van der Waals surface area contributed by atoms with Crippen molar-refractivity contribution in [3.8, 4) is 28.3 Å². The summed E-state index contributed by atoms with van der Waals surface area (Å²) in [6, 6.07) is 24.5. The lowest BCUT2D eigenvalue weighted by atomic mass is 10.0. The summed E-state index contributed by atoms with van der Waals surface area (Å²) >= 11 is 0. The number of hydrogen-bond donors (Lipinski definition) is 0. The lowest BCUT2D eigenvalue weighted by Crippen LogP contribution is -2.18. The van der Waals surface area contributed by atoms with Gasteiger partial charge in [0.05, 0.1) is 12.6 Å². The number of pyridine rings is 1. The van der Waals surface area contributed by atoms with E-state index in [2.05, 4.69) is 28.1 Å². The Bertz CT molecular complexity index is 1440. The van der Waals surface area contributed by atoms with Gasteiger partial charge in [0, 0.05) is 36.9 Å². The Morgan fingerprint density at radius 2 is 1.65 bits per heavy atom. The maximum Gasteiger partial charge on any atom is 0.163 e. The predicted molar refractivity (Wildman–Crippen MR) is 133 cm³/mol. The molecule has 2 aromatic heterocycles. The molecule has 168 valence electrons. The molecular formula is C28H23FN4O. The maximum atomic E-state index is 13.4. The fraction of sp³-hybridized carbons (Fsp3) is 0.107. The summed E-state index contributed by atoms with van der Waals surface area (Å²) in [7, 11) is 3.65. The van der Waals surface area contributed by atoms with Crippen LogP contribution < -0.4 is 9.64 Å². The number of hydrogen-bond acceptors (Lipinski definition) is 5. The topological polar surface area (TPSA) is 51.1 Å². The highest BCUT2D eigenvalue weighted by Crippen LogP contribution is 2.32. The Balaban J connectivity index is 1.64. The molecule has 5 aromatic rings. The number of anilines is 1. The molecule has 6 heteroatoms. The van der Waals surface area contributed by atoms with Gasteiger partial charge >= 0.3 is 0 Å². The third-order valence-corrected chi connectivity index (χ3v) is 5.69. The lowest BCUT2D eigenvalue weighted by molar-refractivity contribution is 0.415. The van der Waals surface area contributed by atoms with Crippen LogP contribution in [0.5, 0.6) is 5.75 Å². The smallest absolute Gasteiger partial charge is 0.163 e. The highest BCUT2D eigenvalue weighted by molar-refractivity contribution is 5.94. The number of rotatable bonds is 6. The van der Waals surface area contributed by atoms with Gasteiger partial charge in [0.2, 0.25) is 0 Å². The molecule has 0 radical (unpaired) electrons. The van der Waals surface area contributed by atoms with E-state index in [4.69, 9.17) is 14.7 Å². The van der Waals surface area contributed by atoms with Crippen LogP contribution in [0.4, 0.5) is 10.2 Å². The molecule has 34 heavy (non-hydrogen) atoms. The largest absolute Gasteiger partial charge is 0.497 e. The van der Waals surface area contributed by atoms with Crippen molar-refractivity contribution in [3.63, 3.8) is 0 Å². The number of fused-ring (bicyclic) bond motifs is 1. The number of ether oxygens (including phenoxy) is 1. The van der Waals surface area contributed by atoms with Gasteiger partial charge in [-0.2, -0.15) is 0 Å². The fourth-order valence-electron chi connectivity index (χ4n) is 3.95. The first-order chi connectivity index (χ1) is 16.6. The summed E-state index contributed by atoms with van der Waals surface area (Å²) in [5.74, 6) is 1.95. The monoisotopic (exact) mass is 450 g/mol. The van der Waals surface area contributed by atoms with Gasteiger partial charge in [0.1, 0.15) is 17.4 Å². The molecule has 0 amide bonds. The third kappa shape index (κ3) is 4.43. The van der Waals surface area contributed by atoms with Gasteiger partial charge in [0.15, 0.2) is 5.82 Å². The van der Waals surface area contributed by atoms with Crippen molar-refractivity contribution in [1.82, 2.24) is 15.0 Å². The maximum absolute atomic E-state index is 13.4. The zero-order chi connectivity index (χ0) is 23.5. The van der Waals surface area contributed by atoms with E-state index in [9.17, 15) is 4.39 Å². The lowest BCUT2D eigenvalue weighted by Gasteiger charge is -2.21. The predicted octanol–water partition coefficient (Wildman–Crippen LogP) is 6.14. The second-order valence-corrected chi connectivity index (χ2v) is 8.06. The van der Waals surface area contributed by atoms with Crippen LogP contribution in [0.15, 0.2) is 91.3 Å². The molecule has 5 rings (SSSR count). The third-order valence-electron chi connectivity index (χ3n) is 5.69. The first kappa shape index (κ1) is 21.5. The van der Waals surface area contributed by atoms with Crippen LogP contribution in [0.1, 0.15) is 5.56 Å². The van der Waals surface area contributed by atoms with E-state index < -0.39 is 0 Å². The second kappa shape index (κ2) is 9.27. The second-order valence-electron chi connectivity index (χ2n) is 8.06. The van der Waals surface area contributed by atoms with Crippen molar-refractivity contribution < 1.29 is 9.13 Å². The number of methoxy groups -OCH3 is 1. The molecule has 0 saturated heterocycles. The number of nitrogens with zero attached hydrogens (tertiary/aromatic N) is 4. The minimum absolute atomic E-state index is 0.249. The van der Waals surface area contributed by atoms with E-state index >= 15 is 0 Å². The molecule has 0 aliphatic carbocycles. The van der Waals surface area contributed by atoms with Crippen LogP contribution in [-0.4, -0.2) is 29.1 Å². The zero-order valence-electron chi connectivity index (χ0n) is 18.9. The Morgan fingerprint density at radius 1 is 0.853 bits per heavy atom. The van der Waals surface area contributed by atoms with Crippen molar-refractivity contribution in [2.24, 2.45) is 0 Å². The zero-order valence-corrected chi connectivity index (χ0v) is 18.9. The highest BCUT2D eigenvalue weighted by atomic mass is 19.1. The summed E-state index contributed by atoms with van der Waals surface area (Å²) in [6.45, 7) is 0.572. The number of halogens is 1. The molecule has 5 nitrogen and oxygen atoms in total. The minimum Gasteiger partial charge on any atom is -0.497 e. The van der Waals surface area contributed by atoms with E-state index in [-0.39, 0.29) is 5.82 Å². The Labute approximate surface area is 197 Å². The van der Waals surface area contributed by atoms with Crippen LogP contribution in [0.3, 0.4) is 0 Å². The average molecular weight is 451 g/mol. The standard InChI is InChI=1S/C28H23FN4O/c1-33(18-19-8-11-23(29)12-9-19)28-25-16-21(20-5-3-7-24(15-20)34-2)10-13-26(25)31-27(32-28)22-6-4-14-30-17-22/h3-17H,18H2,1-2H3. The van der Waals surface area contributed by atoms with Gasteiger partial charge in [0.25, 0.3) is 0 Å². The van der Waals surface area contributed by atoms with Crippen molar-refractivity contribution in [2.45, 2.75) is 6.54 Å². The van der Waals surface area contributed by atoms with Crippen LogP contribution in [0, 0.1) is 5.82 Å². The van der Waals surface area contributed by atoms with E-state index in [1.54, 1.807) is 31.6 Å². The van der Waals surface area contributed by atoms with Gasteiger partial charge < -0.3 is 9.64 Å². The first-order valence-corrected chi connectivity index (χ1v) is 10.9. The molecule has 0 atom stereocenters. The van der Waals surface area contributed by atoms with Gasteiger partial charge in [-0.15, -0.1) is 0 Å². The average Bonchev–Trinajstić information content (AvgIpc) is 2.89. The summed E-state index contributed by atoms with van der Waals surface area (Å²) in [4.78, 5) is 16.0. The molecule has 0 unspecified atom stereocenters. The van der Waals surface area contributed by atoms with Gasteiger partial charge in [-0.25, -0.2) is 14.4 Å². The molecule has 0 spiro atoms. The molecule has 0 aliphatic heterocycles. The van der Waals surface area contributed by atoms with E-state index in [1.165, 1.54) is 12.1 Å². The number of benzene rings is 3. The minimum atomic E-state index is -0.249. The summed E-state index contributed by atoms with van der Waals surface area (Å²) < 4.78 is 18.8. The molecule has 0 aliphatic rings. The molecule has 0 saturated carbocycles. The molecule has 3 aromatic carbocycles. The van der Waals surface area contributed by atoms with E-state index in [0.29, 0.717) is 12.4 Å². The van der Waals surface area contributed by atoms with Crippen LogP contribution in [0.2, 0.25) is 0 Å². The Hall–Kier alpha value is -4.32. The molecule has 0 N–H and O–H groups in total. The summed E-state index contributed by atoms with van der Waals surface area (Å²) in [6.07, 6.45) is 3.49. The summed E-state index contributed by atoms with van der Waals surface area (Å²) in [5.41, 5.74) is 4.76. The molecule has 0 fully saturated rings. The number of aromatic nitrogens is 3. The molecular weight excluding hydrogens is 427 g/mol. The van der Waals surface area contributed by atoms with Crippen molar-refractivity contribution in [1.29, 1.82) is 0 Å². The van der Waals surface area contributed by atoms with Gasteiger partial charge in [-0.05, 0) is 65.2 Å². The molecule has 2 heterocycles. The summed E-state index contributed by atoms with van der Waals surface area (Å²) in [5, 5.41) is 0.928. The first-order valence-electron chi connectivity index (χ1n) is 10.9. The van der Waals surface area contributed by atoms with E-state index in [1.807, 2.05) is 43.4 Å². The Kier molecular flexibility index (Phi) is 5.87. The van der Waals surface area contributed by atoms with Gasteiger partial charge in [-0.1, -0.05) is 30.3 Å². The van der Waals surface area contributed by atoms with Crippen LogP contribution in [-0.2, 0) is 6.54 Å². The van der Waals surface area contributed by atoms with Crippen molar-refractivity contribution in [3.05, 3.63) is 103 Å². The molecule has 0 bridgehead atoms. The highest BCUT2D eigenvalue weighted by Gasteiger charge is 2.15. The van der Waals surface area contributed by atoms with E-state index in [0.717, 1.165) is 44.7 Å².